The Bertz CT molecular complexity index is 168. The third-order valence-corrected chi connectivity index (χ3v) is 1.73. The summed E-state index contributed by atoms with van der Waals surface area (Å²) in [4.78, 5) is 10.6. The molecule has 0 spiro atoms. The standard InChI is InChI=1S/C7H12O4/c1-4-9-7(3)5(2)10-6(8)11-7/h5H,4H2,1-3H3. The fourth-order valence-corrected chi connectivity index (χ4v) is 0.957. The van der Waals surface area contributed by atoms with Crippen LogP contribution in [0.4, 0.5) is 4.79 Å². The summed E-state index contributed by atoms with van der Waals surface area (Å²) in [5, 5.41) is 0. The zero-order chi connectivity index (χ0) is 8.48. The molecule has 0 N–H and O–H groups in total. The molecule has 4 nitrogen and oxygen atoms in total. The van der Waals surface area contributed by atoms with Crippen molar-refractivity contribution >= 4 is 6.16 Å². The van der Waals surface area contributed by atoms with E-state index in [1.54, 1.807) is 13.8 Å². The van der Waals surface area contributed by atoms with Crippen LogP contribution < -0.4 is 0 Å². The van der Waals surface area contributed by atoms with Crippen LogP contribution in [-0.2, 0) is 14.2 Å². The predicted molar refractivity (Wildman–Crippen MR) is 37.1 cm³/mol. The maximum Gasteiger partial charge on any atom is 0.511 e. The second kappa shape index (κ2) is 2.70. The van der Waals surface area contributed by atoms with Gasteiger partial charge in [-0.1, -0.05) is 0 Å². The molecule has 0 aliphatic carbocycles. The van der Waals surface area contributed by atoms with Crippen molar-refractivity contribution in [2.24, 2.45) is 0 Å². The Hall–Kier alpha value is -0.770. The van der Waals surface area contributed by atoms with E-state index in [1.165, 1.54) is 0 Å². The Morgan fingerprint density at radius 1 is 1.73 bits per heavy atom. The molecule has 1 rings (SSSR count). The lowest BCUT2D eigenvalue weighted by Gasteiger charge is -2.23. The molecular formula is C7H12O4. The van der Waals surface area contributed by atoms with Gasteiger partial charge in [0.05, 0.1) is 0 Å². The summed E-state index contributed by atoms with van der Waals surface area (Å²) in [6.45, 7) is 5.76. The van der Waals surface area contributed by atoms with E-state index in [4.69, 9.17) is 14.2 Å². The second-order valence-corrected chi connectivity index (χ2v) is 2.56. The first kappa shape index (κ1) is 8.33. The molecule has 0 aromatic rings. The van der Waals surface area contributed by atoms with E-state index in [9.17, 15) is 4.79 Å². The smallest absolute Gasteiger partial charge is 0.424 e. The monoisotopic (exact) mass is 160 g/mol. The lowest BCUT2D eigenvalue weighted by molar-refractivity contribution is -0.183. The normalized spacial score (nSPS) is 36.6. The van der Waals surface area contributed by atoms with Gasteiger partial charge in [0, 0.05) is 13.5 Å². The largest absolute Gasteiger partial charge is 0.511 e. The van der Waals surface area contributed by atoms with Crippen LogP contribution in [0.2, 0.25) is 0 Å². The molecule has 0 aromatic carbocycles. The van der Waals surface area contributed by atoms with Crippen LogP contribution >= 0.6 is 0 Å². The van der Waals surface area contributed by atoms with Gasteiger partial charge >= 0.3 is 6.16 Å². The minimum atomic E-state index is -0.897. The first-order chi connectivity index (χ1) is 5.08. The summed E-state index contributed by atoms with van der Waals surface area (Å²) in [6.07, 6.45) is -0.997. The van der Waals surface area contributed by atoms with E-state index in [0.717, 1.165) is 0 Å². The molecule has 1 aliphatic rings. The van der Waals surface area contributed by atoms with Crippen LogP contribution in [0, 0.1) is 0 Å². The summed E-state index contributed by atoms with van der Waals surface area (Å²) < 4.78 is 14.8. The highest BCUT2D eigenvalue weighted by Gasteiger charge is 2.45. The van der Waals surface area contributed by atoms with Crippen LogP contribution in [0.15, 0.2) is 0 Å². The third kappa shape index (κ3) is 1.45. The number of cyclic esters (lactones) is 2. The van der Waals surface area contributed by atoms with Crippen molar-refractivity contribution < 1.29 is 19.0 Å². The number of rotatable bonds is 2. The van der Waals surface area contributed by atoms with E-state index >= 15 is 0 Å². The molecule has 2 atom stereocenters. The van der Waals surface area contributed by atoms with E-state index in [2.05, 4.69) is 0 Å². The van der Waals surface area contributed by atoms with Crippen LogP contribution in [0.1, 0.15) is 20.8 Å². The molecule has 0 bridgehead atoms. The highest BCUT2D eigenvalue weighted by molar-refractivity contribution is 5.62. The number of hydrogen-bond donors (Lipinski definition) is 0. The zero-order valence-electron chi connectivity index (χ0n) is 6.92. The molecule has 0 saturated carbocycles. The highest BCUT2D eigenvalue weighted by Crippen LogP contribution is 2.27. The number of carbonyl (C=O) groups is 1. The van der Waals surface area contributed by atoms with Crippen LogP contribution in [0.25, 0.3) is 0 Å². The van der Waals surface area contributed by atoms with Crippen molar-refractivity contribution in [2.45, 2.75) is 32.7 Å². The van der Waals surface area contributed by atoms with Gasteiger partial charge in [-0.2, -0.15) is 0 Å². The molecule has 4 heteroatoms. The molecular weight excluding hydrogens is 148 g/mol. The number of ether oxygens (including phenoxy) is 3. The summed E-state index contributed by atoms with van der Waals surface area (Å²) in [5.41, 5.74) is 0. The average Bonchev–Trinajstić information content (AvgIpc) is 2.08. The summed E-state index contributed by atoms with van der Waals surface area (Å²) in [5.74, 6) is -0.897. The fourth-order valence-electron chi connectivity index (χ4n) is 0.957. The van der Waals surface area contributed by atoms with Gasteiger partial charge in [0.25, 0.3) is 5.79 Å². The number of carbonyl (C=O) groups excluding carboxylic acids is 1. The van der Waals surface area contributed by atoms with Gasteiger partial charge in [0.2, 0.25) is 0 Å². The van der Waals surface area contributed by atoms with Gasteiger partial charge in [0.1, 0.15) is 0 Å². The Balaban J connectivity index is 2.62. The molecule has 0 amide bonds. The van der Waals surface area contributed by atoms with Gasteiger partial charge in [0.15, 0.2) is 6.10 Å². The average molecular weight is 160 g/mol. The summed E-state index contributed by atoms with van der Waals surface area (Å²) >= 11 is 0. The molecule has 1 heterocycles. The molecule has 64 valence electrons. The minimum Gasteiger partial charge on any atom is -0.424 e. The molecule has 1 aliphatic heterocycles. The van der Waals surface area contributed by atoms with E-state index < -0.39 is 11.9 Å². The van der Waals surface area contributed by atoms with Crippen LogP contribution in [-0.4, -0.2) is 24.7 Å². The summed E-state index contributed by atoms with van der Waals surface area (Å²) in [7, 11) is 0. The van der Waals surface area contributed by atoms with Crippen LogP contribution in [0.3, 0.4) is 0 Å². The Labute approximate surface area is 65.4 Å². The van der Waals surface area contributed by atoms with Gasteiger partial charge in [-0.05, 0) is 13.8 Å². The maximum atomic E-state index is 10.6. The molecule has 2 unspecified atom stereocenters. The van der Waals surface area contributed by atoms with Crippen molar-refractivity contribution in [3.63, 3.8) is 0 Å². The number of hydrogen-bond acceptors (Lipinski definition) is 4. The van der Waals surface area contributed by atoms with Crippen molar-refractivity contribution in [3.05, 3.63) is 0 Å². The maximum absolute atomic E-state index is 10.6. The van der Waals surface area contributed by atoms with Gasteiger partial charge in [-0.3, -0.25) is 0 Å². The third-order valence-electron chi connectivity index (χ3n) is 1.73. The van der Waals surface area contributed by atoms with Crippen molar-refractivity contribution in [1.29, 1.82) is 0 Å². The predicted octanol–water partition coefficient (Wildman–Crippen LogP) is 1.29. The SMILES string of the molecule is CCOC1(C)OC(=O)OC1C. The first-order valence-corrected chi connectivity index (χ1v) is 3.62. The molecule has 11 heavy (non-hydrogen) atoms. The molecule has 1 saturated heterocycles. The van der Waals surface area contributed by atoms with Crippen LogP contribution in [0.5, 0.6) is 0 Å². The molecule has 0 aromatic heterocycles. The van der Waals surface area contributed by atoms with E-state index in [0.29, 0.717) is 6.61 Å². The Morgan fingerprint density at radius 3 is 2.73 bits per heavy atom. The minimum absolute atomic E-state index is 0.338. The van der Waals surface area contributed by atoms with Crippen molar-refractivity contribution in [1.82, 2.24) is 0 Å². The van der Waals surface area contributed by atoms with E-state index in [-0.39, 0.29) is 6.10 Å². The van der Waals surface area contributed by atoms with Crippen molar-refractivity contribution in [2.75, 3.05) is 6.61 Å². The highest BCUT2D eigenvalue weighted by atomic mass is 16.8. The summed E-state index contributed by atoms with van der Waals surface area (Å²) in [6, 6.07) is 0. The van der Waals surface area contributed by atoms with Gasteiger partial charge in [-0.25, -0.2) is 4.79 Å². The second-order valence-electron chi connectivity index (χ2n) is 2.56. The Kier molecular flexibility index (Phi) is 2.04. The van der Waals surface area contributed by atoms with Crippen molar-refractivity contribution in [3.8, 4) is 0 Å². The van der Waals surface area contributed by atoms with E-state index in [1.807, 2.05) is 6.92 Å². The van der Waals surface area contributed by atoms with Gasteiger partial charge in [-0.15, -0.1) is 0 Å². The molecule has 1 fully saturated rings. The lowest BCUT2D eigenvalue weighted by atomic mass is 10.2. The molecule has 0 radical (unpaired) electrons. The Morgan fingerprint density at radius 2 is 2.36 bits per heavy atom. The quantitative estimate of drug-likeness (QED) is 0.571. The first-order valence-electron chi connectivity index (χ1n) is 3.62. The van der Waals surface area contributed by atoms with Gasteiger partial charge < -0.3 is 14.2 Å². The lowest BCUT2D eigenvalue weighted by Crippen LogP contribution is -2.37. The fraction of sp³-hybridized carbons (Fsp3) is 0.857. The topological polar surface area (TPSA) is 44.8 Å². The zero-order valence-corrected chi connectivity index (χ0v) is 6.92.